The number of para-hydroxylation sites is 1. The van der Waals surface area contributed by atoms with Gasteiger partial charge in [0.15, 0.2) is 5.69 Å². The summed E-state index contributed by atoms with van der Waals surface area (Å²) < 4.78 is 7.40. The molecule has 1 saturated carbocycles. The Hall–Kier alpha value is -3.61. The van der Waals surface area contributed by atoms with Crippen LogP contribution in [0.25, 0.3) is 10.9 Å². The van der Waals surface area contributed by atoms with Crippen molar-refractivity contribution in [1.29, 1.82) is 0 Å². The highest BCUT2D eigenvalue weighted by Crippen LogP contribution is 2.54. The Kier molecular flexibility index (Phi) is 4.76. The van der Waals surface area contributed by atoms with Crippen LogP contribution < -0.4 is 4.74 Å². The summed E-state index contributed by atoms with van der Waals surface area (Å²) in [6.45, 7) is 6.41. The van der Waals surface area contributed by atoms with E-state index in [1.165, 1.54) is 11.6 Å². The maximum Gasteiger partial charge on any atom is 0.275 e. The zero-order chi connectivity index (χ0) is 23.4. The monoisotopic (exact) mass is 456 g/mol. The van der Waals surface area contributed by atoms with Crippen LogP contribution >= 0.6 is 0 Å². The predicted octanol–water partition coefficient (Wildman–Crippen LogP) is 3.59. The summed E-state index contributed by atoms with van der Waals surface area (Å²) in [5, 5.41) is 5.78. The van der Waals surface area contributed by atoms with Crippen LogP contribution in [0, 0.1) is 5.41 Å². The van der Waals surface area contributed by atoms with Crippen molar-refractivity contribution in [1.82, 2.24) is 19.6 Å². The standard InChI is InChI=1S/C27H28N4O3/c1-3-24(32)30-16-27(17-30)13-20(14-27)31-23-7-5-4-6-22(23)25(28-31)26(33)29-11-10-18-12-21(34-2)9-8-19(18)15-29/h3-9,12,20H,1,10-11,13-17H2,2H3. The normalized spacial score (nSPS) is 18.9. The molecule has 174 valence electrons. The maximum atomic E-state index is 13.6. The highest BCUT2D eigenvalue weighted by atomic mass is 16.5. The minimum Gasteiger partial charge on any atom is -0.497 e. The van der Waals surface area contributed by atoms with Crippen LogP contribution in [0.3, 0.4) is 0 Å². The number of carbonyl (C=O) groups excluding carboxylic acids is 2. The van der Waals surface area contributed by atoms with Gasteiger partial charge in [-0.25, -0.2) is 0 Å². The Morgan fingerprint density at radius 3 is 2.68 bits per heavy atom. The molecule has 2 aliphatic heterocycles. The number of benzene rings is 2. The van der Waals surface area contributed by atoms with E-state index in [0.717, 1.165) is 54.6 Å². The number of carbonyl (C=O) groups is 2. The highest BCUT2D eigenvalue weighted by Gasteiger charge is 2.54. The second-order valence-corrected chi connectivity index (χ2v) is 9.88. The van der Waals surface area contributed by atoms with Crippen molar-refractivity contribution in [3.63, 3.8) is 0 Å². The molecule has 6 rings (SSSR count). The van der Waals surface area contributed by atoms with Gasteiger partial charge in [0.05, 0.1) is 18.7 Å². The molecule has 2 amide bonds. The van der Waals surface area contributed by atoms with Gasteiger partial charge in [0.25, 0.3) is 5.91 Å². The number of rotatable bonds is 4. The second-order valence-electron chi connectivity index (χ2n) is 9.88. The molecule has 0 unspecified atom stereocenters. The summed E-state index contributed by atoms with van der Waals surface area (Å²) >= 11 is 0. The number of likely N-dealkylation sites (tertiary alicyclic amines) is 1. The van der Waals surface area contributed by atoms with Gasteiger partial charge in [-0.3, -0.25) is 14.3 Å². The summed E-state index contributed by atoms with van der Waals surface area (Å²) in [5.41, 5.74) is 4.13. The Balaban J connectivity index is 1.23. The first-order valence-electron chi connectivity index (χ1n) is 11.8. The molecule has 7 nitrogen and oxygen atoms in total. The third-order valence-electron chi connectivity index (χ3n) is 7.75. The molecule has 34 heavy (non-hydrogen) atoms. The van der Waals surface area contributed by atoms with Gasteiger partial charge >= 0.3 is 0 Å². The smallest absolute Gasteiger partial charge is 0.275 e. The molecule has 0 radical (unpaired) electrons. The maximum absolute atomic E-state index is 13.6. The molecule has 1 spiro atoms. The van der Waals surface area contributed by atoms with E-state index in [1.54, 1.807) is 7.11 Å². The first kappa shape index (κ1) is 21.0. The molecule has 0 bridgehead atoms. The van der Waals surface area contributed by atoms with Crippen LogP contribution in [0.2, 0.25) is 0 Å². The molecule has 7 heteroatoms. The number of amides is 2. The molecule has 0 atom stereocenters. The minimum atomic E-state index is -0.0168. The lowest BCUT2D eigenvalue weighted by Crippen LogP contribution is -2.63. The van der Waals surface area contributed by atoms with Gasteiger partial charge in [0, 0.05) is 37.0 Å². The van der Waals surface area contributed by atoms with Gasteiger partial charge in [-0.05, 0) is 54.7 Å². The zero-order valence-electron chi connectivity index (χ0n) is 19.4. The van der Waals surface area contributed by atoms with Gasteiger partial charge in [0.1, 0.15) is 5.75 Å². The highest BCUT2D eigenvalue weighted by molar-refractivity contribution is 6.05. The molecule has 2 aromatic carbocycles. The lowest BCUT2D eigenvalue weighted by atomic mass is 9.60. The molecule has 3 heterocycles. The lowest BCUT2D eigenvalue weighted by molar-refractivity contribution is -0.148. The SMILES string of the molecule is C=CC(=O)N1CC2(CC(n3nc(C(=O)N4CCc5cc(OC)ccc5C4)c4ccccc43)C2)C1. The summed E-state index contributed by atoms with van der Waals surface area (Å²) in [7, 11) is 1.67. The fourth-order valence-electron chi connectivity index (χ4n) is 5.92. The molecule has 3 aromatic rings. The second kappa shape index (κ2) is 7.72. The largest absolute Gasteiger partial charge is 0.497 e. The third-order valence-corrected chi connectivity index (χ3v) is 7.75. The molecule has 1 aliphatic carbocycles. The van der Waals surface area contributed by atoms with E-state index < -0.39 is 0 Å². The number of ether oxygens (including phenoxy) is 1. The number of nitrogens with zero attached hydrogens (tertiary/aromatic N) is 4. The summed E-state index contributed by atoms with van der Waals surface area (Å²) in [5.74, 6) is 0.842. The number of methoxy groups -OCH3 is 1. The quantitative estimate of drug-likeness (QED) is 0.563. The van der Waals surface area contributed by atoms with Gasteiger partial charge in [-0.15, -0.1) is 0 Å². The molecule has 3 aliphatic rings. The lowest BCUT2D eigenvalue weighted by Gasteiger charge is -2.58. The van der Waals surface area contributed by atoms with Crippen LogP contribution in [-0.4, -0.2) is 58.1 Å². The van der Waals surface area contributed by atoms with Gasteiger partial charge in [0.2, 0.25) is 5.91 Å². The van der Waals surface area contributed by atoms with E-state index in [1.807, 2.05) is 34.1 Å². The van der Waals surface area contributed by atoms with E-state index in [4.69, 9.17) is 9.84 Å². The average Bonchev–Trinajstić information content (AvgIpc) is 3.20. The van der Waals surface area contributed by atoms with Crippen LogP contribution in [0.4, 0.5) is 0 Å². The molecule has 1 aromatic heterocycles. The fraction of sp³-hybridized carbons (Fsp3) is 0.370. The van der Waals surface area contributed by atoms with E-state index in [9.17, 15) is 9.59 Å². The van der Waals surface area contributed by atoms with E-state index >= 15 is 0 Å². The summed E-state index contributed by atoms with van der Waals surface area (Å²) in [6.07, 6.45) is 4.15. The molecule has 0 N–H and O–H groups in total. The fourth-order valence-corrected chi connectivity index (χ4v) is 5.92. The van der Waals surface area contributed by atoms with Crippen molar-refractivity contribution in [2.75, 3.05) is 26.7 Å². The van der Waals surface area contributed by atoms with Gasteiger partial charge < -0.3 is 14.5 Å². The van der Waals surface area contributed by atoms with Crippen LogP contribution in [0.15, 0.2) is 55.1 Å². The van der Waals surface area contributed by atoms with Crippen LogP contribution in [0.1, 0.15) is 40.5 Å². The Morgan fingerprint density at radius 2 is 1.91 bits per heavy atom. The summed E-state index contributed by atoms with van der Waals surface area (Å²) in [4.78, 5) is 29.2. The van der Waals surface area contributed by atoms with Crippen molar-refractivity contribution in [2.45, 2.75) is 31.8 Å². The first-order chi connectivity index (χ1) is 16.5. The molecule has 1 saturated heterocycles. The third kappa shape index (κ3) is 3.22. The Morgan fingerprint density at radius 1 is 1.12 bits per heavy atom. The predicted molar refractivity (Wildman–Crippen MR) is 129 cm³/mol. The van der Waals surface area contributed by atoms with Crippen molar-refractivity contribution < 1.29 is 14.3 Å². The Bertz CT molecular complexity index is 1310. The first-order valence-corrected chi connectivity index (χ1v) is 11.8. The van der Waals surface area contributed by atoms with Crippen LogP contribution in [-0.2, 0) is 17.8 Å². The van der Waals surface area contributed by atoms with E-state index in [0.29, 0.717) is 18.8 Å². The van der Waals surface area contributed by atoms with Crippen molar-refractivity contribution in [2.24, 2.45) is 5.41 Å². The van der Waals surface area contributed by atoms with E-state index in [-0.39, 0.29) is 23.3 Å². The van der Waals surface area contributed by atoms with Crippen molar-refractivity contribution >= 4 is 22.7 Å². The number of fused-ring (bicyclic) bond motifs is 2. The van der Waals surface area contributed by atoms with E-state index in [2.05, 4.69) is 29.5 Å². The zero-order valence-corrected chi connectivity index (χ0v) is 19.4. The Labute approximate surface area is 198 Å². The molecular formula is C27H28N4O3. The van der Waals surface area contributed by atoms with Gasteiger partial charge in [-0.1, -0.05) is 30.8 Å². The minimum absolute atomic E-state index is 0.00745. The molecule has 2 fully saturated rings. The number of hydrogen-bond acceptors (Lipinski definition) is 4. The summed E-state index contributed by atoms with van der Waals surface area (Å²) in [6, 6.07) is 14.3. The number of hydrogen-bond donors (Lipinski definition) is 0. The van der Waals surface area contributed by atoms with Gasteiger partial charge in [-0.2, -0.15) is 5.10 Å². The average molecular weight is 457 g/mol. The van der Waals surface area contributed by atoms with Crippen LogP contribution in [0.5, 0.6) is 5.75 Å². The molecular weight excluding hydrogens is 428 g/mol. The van der Waals surface area contributed by atoms with Crippen molar-refractivity contribution in [3.8, 4) is 5.75 Å². The number of aromatic nitrogens is 2. The topological polar surface area (TPSA) is 67.7 Å². The van der Waals surface area contributed by atoms with Crippen molar-refractivity contribution in [3.05, 3.63) is 71.9 Å².